The van der Waals surface area contributed by atoms with E-state index in [9.17, 15) is 24.6 Å². The molecule has 0 aliphatic heterocycles. The minimum atomic E-state index is -1.14. The van der Waals surface area contributed by atoms with E-state index in [1.54, 1.807) is 28.4 Å². The third-order valence-corrected chi connectivity index (χ3v) is 11.5. The van der Waals surface area contributed by atoms with Gasteiger partial charge in [0, 0.05) is 56.7 Å². The van der Waals surface area contributed by atoms with Crippen LogP contribution in [0.25, 0.3) is 0 Å². The lowest BCUT2D eigenvalue weighted by atomic mass is 9.82. The molecule has 2 aromatic rings. The number of aliphatic hydroxyl groups is 2. The number of nitrogens with one attached hydrogen (secondary N) is 1. The predicted octanol–water partition coefficient (Wildman–Crippen LogP) is 5.25. The Kier molecular flexibility index (Phi) is 17.3. The fraction of sp³-hybridized carbons (Fsp3) is 0.718. The third-order valence-electron chi connectivity index (χ3n) is 10.8. The van der Waals surface area contributed by atoms with Crippen LogP contribution in [-0.4, -0.2) is 92.6 Å². The number of nitrogens with zero attached hydrogens (tertiary/aromatic N) is 4. The van der Waals surface area contributed by atoms with Crippen molar-refractivity contribution in [2.75, 3.05) is 32.4 Å². The number of hydrogen-bond donors (Lipinski definition) is 4. The molecule has 1 saturated carbocycles. The lowest BCUT2D eigenvalue weighted by Gasteiger charge is -2.36. The van der Waals surface area contributed by atoms with Crippen molar-refractivity contribution >= 4 is 34.2 Å². The van der Waals surface area contributed by atoms with E-state index in [0.29, 0.717) is 49.1 Å². The maximum atomic E-state index is 14.3. The molecule has 286 valence electrons. The van der Waals surface area contributed by atoms with Gasteiger partial charge in [-0.05, 0) is 55.1 Å². The van der Waals surface area contributed by atoms with Crippen LogP contribution in [0, 0.1) is 23.2 Å². The number of nitrogens with two attached hydrogens (primary N) is 1. The Morgan fingerprint density at radius 2 is 1.78 bits per heavy atom. The van der Waals surface area contributed by atoms with Crippen molar-refractivity contribution in [1.29, 1.82) is 0 Å². The van der Waals surface area contributed by atoms with E-state index >= 15 is 0 Å². The lowest BCUT2D eigenvalue weighted by molar-refractivity contribution is -0.143. The van der Waals surface area contributed by atoms with Crippen molar-refractivity contribution in [3.05, 3.63) is 41.2 Å². The van der Waals surface area contributed by atoms with Gasteiger partial charge >= 0.3 is 0 Å². The molecule has 2 aromatic heterocycles. The summed E-state index contributed by atoms with van der Waals surface area (Å²) in [6.07, 6.45) is 8.27. The summed E-state index contributed by atoms with van der Waals surface area (Å²) in [5.41, 5.74) is 7.22. The highest BCUT2D eigenvalue weighted by molar-refractivity contribution is 7.13. The van der Waals surface area contributed by atoms with Crippen LogP contribution in [0.4, 0.5) is 5.13 Å². The van der Waals surface area contributed by atoms with Gasteiger partial charge in [0.1, 0.15) is 6.10 Å². The number of hydrogen-bond acceptors (Lipinski definition) is 9. The number of nitrogen functional groups attached to an aromatic ring is 1. The average molecular weight is 729 g/mol. The molecule has 0 spiro atoms. The maximum absolute atomic E-state index is 14.3. The summed E-state index contributed by atoms with van der Waals surface area (Å²) >= 11 is 1.28. The van der Waals surface area contributed by atoms with E-state index in [-0.39, 0.29) is 48.4 Å². The summed E-state index contributed by atoms with van der Waals surface area (Å²) in [5.74, 6) is -1.17. The number of likely N-dealkylation sites (N-methyl/N-ethyl adjacent to an activating group) is 1. The molecule has 0 bridgehead atoms. The van der Waals surface area contributed by atoms with Gasteiger partial charge in [0.25, 0.3) is 0 Å². The Balaban J connectivity index is 1.85. The second-order valence-electron chi connectivity index (χ2n) is 15.5. The number of anilines is 1. The van der Waals surface area contributed by atoms with Crippen LogP contribution in [0.15, 0.2) is 29.8 Å². The summed E-state index contributed by atoms with van der Waals surface area (Å²) < 4.78 is 0. The van der Waals surface area contributed by atoms with Gasteiger partial charge in [0.15, 0.2) is 5.13 Å². The Bertz CT molecular complexity index is 1350. The van der Waals surface area contributed by atoms with Gasteiger partial charge in [-0.1, -0.05) is 72.8 Å². The number of carbonyl (C=O) groups excluding carboxylic acids is 3. The first-order chi connectivity index (χ1) is 24.2. The molecule has 1 aliphatic rings. The zero-order chi connectivity index (χ0) is 37.6. The van der Waals surface area contributed by atoms with Crippen molar-refractivity contribution in [3.63, 3.8) is 0 Å². The third kappa shape index (κ3) is 14.1. The van der Waals surface area contributed by atoms with Gasteiger partial charge in [-0.25, -0.2) is 4.98 Å². The summed E-state index contributed by atoms with van der Waals surface area (Å²) in [6, 6.07) is 5.03. The minimum absolute atomic E-state index is 0.102. The van der Waals surface area contributed by atoms with Crippen molar-refractivity contribution in [2.45, 2.75) is 130 Å². The van der Waals surface area contributed by atoms with E-state index in [1.165, 1.54) is 17.8 Å². The van der Waals surface area contributed by atoms with Gasteiger partial charge in [-0.15, -0.1) is 11.3 Å². The van der Waals surface area contributed by atoms with Crippen LogP contribution >= 0.6 is 11.3 Å². The summed E-state index contributed by atoms with van der Waals surface area (Å²) in [6.45, 7) is 11.0. The maximum Gasteiger partial charge on any atom is 0.241 e. The quantitative estimate of drug-likeness (QED) is 0.136. The largest absolute Gasteiger partial charge is 0.390 e. The molecule has 51 heavy (non-hydrogen) atoms. The molecular weight excluding hydrogens is 665 g/mol. The Morgan fingerprint density at radius 3 is 2.37 bits per heavy atom. The highest BCUT2D eigenvalue weighted by Gasteiger charge is 2.35. The van der Waals surface area contributed by atoms with Crippen molar-refractivity contribution in [2.24, 2.45) is 23.2 Å². The molecule has 12 heteroatoms. The van der Waals surface area contributed by atoms with Crippen LogP contribution in [0.1, 0.15) is 110 Å². The van der Waals surface area contributed by atoms with Gasteiger partial charge in [0.05, 0.1) is 30.3 Å². The lowest BCUT2D eigenvalue weighted by Crippen LogP contribution is -2.52. The number of aromatic nitrogens is 2. The van der Waals surface area contributed by atoms with Crippen molar-refractivity contribution < 1.29 is 24.6 Å². The van der Waals surface area contributed by atoms with Gasteiger partial charge in [0.2, 0.25) is 17.7 Å². The molecule has 3 amide bonds. The predicted molar refractivity (Wildman–Crippen MR) is 204 cm³/mol. The zero-order valence-corrected chi connectivity index (χ0v) is 32.7. The number of carbonyl (C=O) groups is 3. The average Bonchev–Trinajstić information content (AvgIpc) is 3.53. The van der Waals surface area contributed by atoms with Gasteiger partial charge in [-0.3, -0.25) is 19.4 Å². The zero-order valence-electron chi connectivity index (χ0n) is 31.9. The van der Waals surface area contributed by atoms with Crippen LogP contribution in [0.5, 0.6) is 0 Å². The summed E-state index contributed by atoms with van der Waals surface area (Å²) in [5, 5.41) is 27.6. The van der Waals surface area contributed by atoms with E-state index in [1.807, 2.05) is 32.0 Å². The molecule has 11 nitrogen and oxygen atoms in total. The fourth-order valence-electron chi connectivity index (χ4n) is 6.93. The van der Waals surface area contributed by atoms with Gasteiger partial charge < -0.3 is 31.1 Å². The Hall–Kier alpha value is -3.09. The standard InChI is InChI=1S/C39H64N6O5S/c1-7-39(5,8-2)26-45(24-35(48)44(6)19-17-30-16-12-13-18-41-30)34(47)23-29(22-31-25-51-38(40)42-31)37(50)43-32(21-28-14-10-9-11-15-28)36(49)33(46)20-27(3)4/h12-13,16,18,25,27-29,32-33,36,46,49H,7-11,14-15,17,19-24,26H2,1-6H3,(H2,40,42)(H,43,50)/t29-,32+,33+,36-/m1/s1. The SMILES string of the molecule is CCC(C)(CC)CN(CC(=O)N(C)CCc1ccccn1)C(=O)C[C@@H](Cc1csc(N)n1)C(=O)N[C@@H](CC1CCCCC1)[C@@H](O)[C@@H](O)CC(C)C. The summed E-state index contributed by atoms with van der Waals surface area (Å²) in [7, 11) is 1.74. The highest BCUT2D eigenvalue weighted by atomic mass is 32.1. The minimum Gasteiger partial charge on any atom is -0.390 e. The second-order valence-corrected chi connectivity index (χ2v) is 16.4. The van der Waals surface area contributed by atoms with E-state index in [2.05, 4.69) is 36.1 Å². The van der Waals surface area contributed by atoms with Crippen LogP contribution < -0.4 is 11.1 Å². The Labute approximate surface area is 309 Å². The number of thiazole rings is 1. The fourth-order valence-corrected chi connectivity index (χ4v) is 7.50. The normalized spacial score (nSPS) is 16.3. The van der Waals surface area contributed by atoms with Crippen LogP contribution in [-0.2, 0) is 27.2 Å². The molecule has 0 saturated heterocycles. The molecule has 2 heterocycles. The molecule has 0 aromatic carbocycles. The molecular formula is C39H64N6O5S. The monoisotopic (exact) mass is 728 g/mol. The van der Waals surface area contributed by atoms with E-state index in [4.69, 9.17) is 5.73 Å². The Morgan fingerprint density at radius 1 is 1.08 bits per heavy atom. The molecule has 1 aliphatic carbocycles. The first-order valence-corrected chi connectivity index (χ1v) is 19.9. The van der Waals surface area contributed by atoms with E-state index in [0.717, 1.165) is 44.2 Å². The van der Waals surface area contributed by atoms with Crippen molar-refractivity contribution in [1.82, 2.24) is 25.1 Å². The first kappa shape index (κ1) is 42.3. The highest BCUT2D eigenvalue weighted by Crippen LogP contribution is 2.30. The van der Waals surface area contributed by atoms with Crippen molar-refractivity contribution in [3.8, 4) is 0 Å². The molecule has 5 N–H and O–H groups in total. The molecule has 0 unspecified atom stereocenters. The van der Waals surface area contributed by atoms with Gasteiger partial charge in [-0.2, -0.15) is 0 Å². The number of aliphatic hydroxyl groups excluding tert-OH is 2. The number of amides is 3. The topological polar surface area (TPSA) is 162 Å². The summed E-state index contributed by atoms with van der Waals surface area (Å²) in [4.78, 5) is 54.1. The molecule has 4 atom stereocenters. The smallest absolute Gasteiger partial charge is 0.241 e. The number of rotatable bonds is 21. The van der Waals surface area contributed by atoms with Crippen LogP contribution in [0.3, 0.4) is 0 Å². The second kappa shape index (κ2) is 20.8. The molecule has 0 radical (unpaired) electrons. The van der Waals surface area contributed by atoms with E-state index < -0.39 is 24.2 Å². The number of pyridine rings is 1. The molecule has 3 rings (SSSR count). The van der Waals surface area contributed by atoms with Crippen LogP contribution in [0.2, 0.25) is 0 Å². The molecule has 1 fully saturated rings. The first-order valence-electron chi connectivity index (χ1n) is 19.0.